The lowest BCUT2D eigenvalue weighted by molar-refractivity contribution is -0.132. The Labute approximate surface area is 140 Å². The van der Waals surface area contributed by atoms with Crippen molar-refractivity contribution in [3.8, 4) is 5.75 Å². The van der Waals surface area contributed by atoms with E-state index in [1.807, 2.05) is 12.1 Å². The van der Waals surface area contributed by atoms with E-state index in [-0.39, 0.29) is 30.6 Å². The topological polar surface area (TPSA) is 58.6 Å². The van der Waals surface area contributed by atoms with E-state index in [4.69, 9.17) is 4.74 Å². The van der Waals surface area contributed by atoms with Gasteiger partial charge in [0.25, 0.3) is 0 Å². The third kappa shape index (κ3) is 5.08. The van der Waals surface area contributed by atoms with E-state index in [1.165, 1.54) is 29.2 Å². The molecule has 0 aliphatic heterocycles. The van der Waals surface area contributed by atoms with Crippen LogP contribution in [0.1, 0.15) is 5.56 Å². The van der Waals surface area contributed by atoms with Gasteiger partial charge >= 0.3 is 0 Å². The highest BCUT2D eigenvalue weighted by molar-refractivity contribution is 5.94. The van der Waals surface area contributed by atoms with Crippen molar-refractivity contribution < 1.29 is 18.7 Å². The Morgan fingerprint density at radius 2 is 1.71 bits per heavy atom. The van der Waals surface area contributed by atoms with Gasteiger partial charge < -0.3 is 15.0 Å². The molecule has 0 atom stereocenters. The lowest BCUT2D eigenvalue weighted by atomic mass is 10.1. The molecule has 6 heteroatoms. The van der Waals surface area contributed by atoms with E-state index in [0.717, 1.165) is 11.3 Å². The lowest BCUT2D eigenvalue weighted by Gasteiger charge is -2.17. The predicted molar refractivity (Wildman–Crippen MR) is 89.4 cm³/mol. The first-order valence-corrected chi connectivity index (χ1v) is 7.40. The van der Waals surface area contributed by atoms with E-state index in [1.54, 1.807) is 26.3 Å². The maximum Gasteiger partial charge on any atom is 0.243 e. The van der Waals surface area contributed by atoms with Crippen LogP contribution in [0.2, 0.25) is 0 Å². The lowest BCUT2D eigenvalue weighted by Crippen LogP contribution is -2.35. The maximum atomic E-state index is 12.8. The third-order valence-electron chi connectivity index (χ3n) is 3.45. The average molecular weight is 330 g/mol. The predicted octanol–water partition coefficient (Wildman–Crippen LogP) is 2.47. The number of rotatable bonds is 6. The summed E-state index contributed by atoms with van der Waals surface area (Å²) in [5, 5.41) is 2.62. The van der Waals surface area contributed by atoms with Crippen LogP contribution >= 0.6 is 0 Å². The molecule has 2 amide bonds. The van der Waals surface area contributed by atoms with Gasteiger partial charge in [0, 0.05) is 12.7 Å². The summed E-state index contributed by atoms with van der Waals surface area (Å²) in [6.07, 6.45) is 0.199. The van der Waals surface area contributed by atoms with Gasteiger partial charge in [0.15, 0.2) is 0 Å². The Balaban J connectivity index is 1.85. The summed E-state index contributed by atoms with van der Waals surface area (Å²) in [6.45, 7) is -0.0770. The molecule has 0 heterocycles. The second-order valence-corrected chi connectivity index (χ2v) is 5.33. The van der Waals surface area contributed by atoms with E-state index in [0.29, 0.717) is 5.69 Å². The average Bonchev–Trinajstić information content (AvgIpc) is 2.57. The van der Waals surface area contributed by atoms with Gasteiger partial charge in [-0.25, -0.2) is 4.39 Å². The summed E-state index contributed by atoms with van der Waals surface area (Å²) in [6, 6.07) is 12.6. The first kappa shape index (κ1) is 17.5. The number of ether oxygens (including phenoxy) is 1. The molecule has 1 N–H and O–H groups in total. The summed E-state index contributed by atoms with van der Waals surface area (Å²) in [5.74, 6) is -0.167. The van der Waals surface area contributed by atoms with E-state index in [2.05, 4.69) is 5.32 Å². The zero-order valence-electron chi connectivity index (χ0n) is 13.6. The number of carbonyl (C=O) groups is 2. The molecule has 2 rings (SSSR count). The first-order chi connectivity index (χ1) is 11.5. The second-order valence-electron chi connectivity index (χ2n) is 5.33. The molecule has 0 unspecified atom stereocenters. The Morgan fingerprint density at radius 3 is 2.29 bits per heavy atom. The number of benzene rings is 2. The van der Waals surface area contributed by atoms with Gasteiger partial charge in [-0.1, -0.05) is 12.1 Å². The Bertz CT molecular complexity index is 699. The number of anilines is 1. The Kier molecular flexibility index (Phi) is 5.89. The fourth-order valence-electron chi connectivity index (χ4n) is 2.09. The molecule has 2 aromatic carbocycles. The minimum Gasteiger partial charge on any atom is -0.497 e. The quantitative estimate of drug-likeness (QED) is 0.885. The second kappa shape index (κ2) is 8.10. The van der Waals surface area contributed by atoms with Crippen molar-refractivity contribution in [2.45, 2.75) is 6.42 Å². The molecule has 0 aliphatic rings. The van der Waals surface area contributed by atoms with E-state index in [9.17, 15) is 14.0 Å². The standard InChI is InChI=1S/C18H19FN2O3/c1-21(12-17(22)20-15-7-5-14(19)6-8-15)18(23)11-13-3-9-16(24-2)10-4-13/h3-10H,11-12H2,1-2H3,(H,20,22). The number of methoxy groups -OCH3 is 1. The molecule has 0 spiro atoms. The number of nitrogens with zero attached hydrogens (tertiary/aromatic N) is 1. The molecule has 0 aromatic heterocycles. The Morgan fingerprint density at radius 1 is 1.08 bits per heavy atom. The number of amides is 2. The highest BCUT2D eigenvalue weighted by Gasteiger charge is 2.13. The minimum atomic E-state index is -0.375. The molecule has 126 valence electrons. The van der Waals surface area contributed by atoms with Crippen LogP contribution in [0, 0.1) is 5.82 Å². The molecule has 0 saturated carbocycles. The van der Waals surface area contributed by atoms with Crippen molar-refractivity contribution >= 4 is 17.5 Å². The van der Waals surface area contributed by atoms with Crippen LogP contribution in [0.4, 0.5) is 10.1 Å². The fourth-order valence-corrected chi connectivity index (χ4v) is 2.09. The summed E-state index contributed by atoms with van der Waals surface area (Å²) in [7, 11) is 3.14. The smallest absolute Gasteiger partial charge is 0.243 e. The normalized spacial score (nSPS) is 10.1. The van der Waals surface area contributed by atoms with Crippen LogP contribution in [0.15, 0.2) is 48.5 Å². The molecule has 0 bridgehead atoms. The van der Waals surface area contributed by atoms with Gasteiger partial charge in [-0.3, -0.25) is 9.59 Å². The third-order valence-corrected chi connectivity index (χ3v) is 3.45. The number of hydrogen-bond donors (Lipinski definition) is 1. The van der Waals surface area contributed by atoms with Crippen LogP contribution in [0.5, 0.6) is 5.75 Å². The van der Waals surface area contributed by atoms with Gasteiger partial charge in [0.1, 0.15) is 11.6 Å². The first-order valence-electron chi connectivity index (χ1n) is 7.40. The Hall–Kier alpha value is -2.89. The van der Waals surface area contributed by atoms with Crippen LogP contribution in [-0.2, 0) is 16.0 Å². The van der Waals surface area contributed by atoms with Crippen LogP contribution in [0.25, 0.3) is 0 Å². The number of halogens is 1. The summed E-state index contributed by atoms with van der Waals surface area (Å²) >= 11 is 0. The van der Waals surface area contributed by atoms with Crippen LogP contribution in [-0.4, -0.2) is 37.4 Å². The van der Waals surface area contributed by atoms with Crippen LogP contribution < -0.4 is 10.1 Å². The highest BCUT2D eigenvalue weighted by atomic mass is 19.1. The summed E-state index contributed by atoms with van der Waals surface area (Å²) in [5.41, 5.74) is 1.32. The zero-order chi connectivity index (χ0) is 17.5. The monoisotopic (exact) mass is 330 g/mol. The van der Waals surface area contributed by atoms with E-state index < -0.39 is 0 Å². The van der Waals surface area contributed by atoms with Gasteiger partial charge in [-0.15, -0.1) is 0 Å². The van der Waals surface area contributed by atoms with Gasteiger partial charge in [-0.2, -0.15) is 0 Å². The molecular formula is C18H19FN2O3. The number of nitrogens with one attached hydrogen (secondary N) is 1. The minimum absolute atomic E-state index is 0.0770. The summed E-state index contributed by atoms with van der Waals surface area (Å²) in [4.78, 5) is 25.4. The largest absolute Gasteiger partial charge is 0.497 e. The van der Waals surface area contributed by atoms with Gasteiger partial charge in [-0.05, 0) is 42.0 Å². The molecule has 0 saturated heterocycles. The van der Waals surface area contributed by atoms with Crippen molar-refractivity contribution in [1.29, 1.82) is 0 Å². The van der Waals surface area contributed by atoms with Crippen molar-refractivity contribution in [1.82, 2.24) is 4.90 Å². The highest BCUT2D eigenvalue weighted by Crippen LogP contribution is 2.12. The zero-order valence-corrected chi connectivity index (χ0v) is 13.6. The van der Waals surface area contributed by atoms with Crippen molar-refractivity contribution in [2.24, 2.45) is 0 Å². The van der Waals surface area contributed by atoms with Gasteiger partial charge in [0.2, 0.25) is 11.8 Å². The fraction of sp³-hybridized carbons (Fsp3) is 0.222. The number of hydrogen-bond acceptors (Lipinski definition) is 3. The summed E-state index contributed by atoms with van der Waals surface area (Å²) < 4.78 is 17.9. The molecule has 0 fully saturated rings. The van der Waals surface area contributed by atoms with E-state index >= 15 is 0 Å². The maximum absolute atomic E-state index is 12.8. The SMILES string of the molecule is COc1ccc(CC(=O)N(C)CC(=O)Nc2ccc(F)cc2)cc1. The van der Waals surface area contributed by atoms with Crippen LogP contribution in [0.3, 0.4) is 0 Å². The molecule has 5 nitrogen and oxygen atoms in total. The van der Waals surface area contributed by atoms with Crippen molar-refractivity contribution in [3.63, 3.8) is 0 Å². The number of carbonyl (C=O) groups excluding carboxylic acids is 2. The molecule has 0 radical (unpaired) electrons. The molecule has 0 aliphatic carbocycles. The molecular weight excluding hydrogens is 311 g/mol. The molecule has 24 heavy (non-hydrogen) atoms. The number of likely N-dealkylation sites (N-methyl/N-ethyl adjacent to an activating group) is 1. The van der Waals surface area contributed by atoms with Gasteiger partial charge in [0.05, 0.1) is 20.1 Å². The van der Waals surface area contributed by atoms with Crippen molar-refractivity contribution in [2.75, 3.05) is 26.0 Å². The molecule has 2 aromatic rings. The van der Waals surface area contributed by atoms with Crippen molar-refractivity contribution in [3.05, 3.63) is 59.9 Å².